The topological polar surface area (TPSA) is 35.5 Å². The van der Waals surface area contributed by atoms with Gasteiger partial charge >= 0.3 is 0 Å². The molecule has 0 aliphatic heterocycles. The van der Waals surface area contributed by atoms with Crippen molar-refractivity contribution in [3.05, 3.63) is 66.2 Å². The van der Waals surface area contributed by atoms with Gasteiger partial charge < -0.3 is 9.26 Å². The zero-order chi connectivity index (χ0) is 14.3. The highest BCUT2D eigenvalue weighted by Gasteiger charge is 2.25. The van der Waals surface area contributed by atoms with E-state index in [9.17, 15) is 4.57 Å². The molecule has 0 saturated heterocycles. The van der Waals surface area contributed by atoms with Crippen LogP contribution >= 0.6 is 7.37 Å². The molecule has 0 saturated carbocycles. The van der Waals surface area contributed by atoms with Crippen LogP contribution < -0.4 is 5.30 Å². The van der Waals surface area contributed by atoms with E-state index in [0.29, 0.717) is 18.5 Å². The Labute approximate surface area is 120 Å². The summed E-state index contributed by atoms with van der Waals surface area (Å²) in [5.74, 6) is 0. The second-order valence-corrected chi connectivity index (χ2v) is 6.77. The Morgan fingerprint density at radius 3 is 2.15 bits per heavy atom. The smallest absolute Gasteiger partial charge is 0.257 e. The maximum atomic E-state index is 12.9. The SMILES string of the molecule is CCOP(=O)(COCc1ccccc1)c1ccccc1. The summed E-state index contributed by atoms with van der Waals surface area (Å²) in [4.78, 5) is 0. The molecule has 3 nitrogen and oxygen atoms in total. The van der Waals surface area contributed by atoms with Crippen LogP contribution in [0, 0.1) is 0 Å². The summed E-state index contributed by atoms with van der Waals surface area (Å²) in [5.41, 5.74) is 1.06. The fraction of sp³-hybridized carbons (Fsp3) is 0.250. The molecular formula is C16H19O3P. The molecular weight excluding hydrogens is 271 g/mol. The van der Waals surface area contributed by atoms with Crippen LogP contribution in [0.3, 0.4) is 0 Å². The quantitative estimate of drug-likeness (QED) is 0.728. The highest BCUT2D eigenvalue weighted by molar-refractivity contribution is 7.66. The zero-order valence-electron chi connectivity index (χ0n) is 11.6. The monoisotopic (exact) mass is 290 g/mol. The van der Waals surface area contributed by atoms with Gasteiger partial charge in [0, 0.05) is 5.30 Å². The fourth-order valence-corrected chi connectivity index (χ4v) is 3.66. The third-order valence-electron chi connectivity index (χ3n) is 2.86. The highest BCUT2D eigenvalue weighted by Crippen LogP contribution is 2.45. The molecule has 1 unspecified atom stereocenters. The Hall–Kier alpha value is -1.41. The molecule has 0 aliphatic carbocycles. The summed E-state index contributed by atoms with van der Waals surface area (Å²) in [6, 6.07) is 19.1. The van der Waals surface area contributed by atoms with Gasteiger partial charge in [-0.15, -0.1) is 0 Å². The van der Waals surface area contributed by atoms with Gasteiger partial charge in [0.2, 0.25) is 0 Å². The highest BCUT2D eigenvalue weighted by atomic mass is 31.2. The van der Waals surface area contributed by atoms with E-state index in [4.69, 9.17) is 9.26 Å². The van der Waals surface area contributed by atoms with Gasteiger partial charge in [0.15, 0.2) is 0 Å². The predicted octanol–water partition coefficient (Wildman–Crippen LogP) is 3.80. The first-order chi connectivity index (χ1) is 9.74. The first-order valence-corrected chi connectivity index (χ1v) is 8.46. The molecule has 106 valence electrons. The molecule has 0 bridgehead atoms. The largest absolute Gasteiger partial charge is 0.366 e. The molecule has 0 aromatic heterocycles. The van der Waals surface area contributed by atoms with E-state index in [1.165, 1.54) is 0 Å². The van der Waals surface area contributed by atoms with Crippen LogP contribution in [0.5, 0.6) is 0 Å². The van der Waals surface area contributed by atoms with Crippen molar-refractivity contribution < 1.29 is 13.8 Å². The first-order valence-electron chi connectivity index (χ1n) is 6.65. The number of hydrogen-bond donors (Lipinski definition) is 0. The summed E-state index contributed by atoms with van der Waals surface area (Å²) in [5, 5.41) is 0.704. The van der Waals surface area contributed by atoms with Gasteiger partial charge in [0.1, 0.15) is 6.35 Å². The van der Waals surface area contributed by atoms with Crippen LogP contribution in [-0.4, -0.2) is 13.0 Å². The molecule has 0 N–H and O–H groups in total. The minimum Gasteiger partial charge on any atom is -0.366 e. The number of hydrogen-bond acceptors (Lipinski definition) is 3. The predicted molar refractivity (Wildman–Crippen MR) is 81.4 cm³/mol. The first kappa shape index (κ1) is 15.0. The van der Waals surface area contributed by atoms with Gasteiger partial charge in [0.25, 0.3) is 7.37 Å². The van der Waals surface area contributed by atoms with Crippen molar-refractivity contribution in [2.75, 3.05) is 13.0 Å². The van der Waals surface area contributed by atoms with E-state index < -0.39 is 7.37 Å². The Bertz CT molecular complexity index is 554. The Morgan fingerprint density at radius 2 is 1.55 bits per heavy atom. The standard InChI is InChI=1S/C16H19O3P/c1-2-19-20(17,16-11-7-4-8-12-16)14-18-13-15-9-5-3-6-10-15/h3-12H,2,13-14H2,1H3. The molecule has 4 heteroatoms. The van der Waals surface area contributed by atoms with Crippen LogP contribution in [-0.2, 0) is 20.4 Å². The lowest BCUT2D eigenvalue weighted by Crippen LogP contribution is -2.12. The van der Waals surface area contributed by atoms with Crippen molar-refractivity contribution in [2.45, 2.75) is 13.5 Å². The summed E-state index contributed by atoms with van der Waals surface area (Å²) in [6.07, 6.45) is 0.0970. The van der Waals surface area contributed by atoms with Gasteiger partial charge in [-0.25, -0.2) is 0 Å². The average Bonchev–Trinajstić information content (AvgIpc) is 2.49. The van der Waals surface area contributed by atoms with Crippen LogP contribution in [0.1, 0.15) is 12.5 Å². The Morgan fingerprint density at radius 1 is 0.950 bits per heavy atom. The Balaban J connectivity index is 2.01. The molecule has 20 heavy (non-hydrogen) atoms. The van der Waals surface area contributed by atoms with Crippen molar-refractivity contribution >= 4 is 12.7 Å². The summed E-state index contributed by atoms with van der Waals surface area (Å²) in [6.45, 7) is 2.68. The van der Waals surface area contributed by atoms with Gasteiger partial charge in [-0.3, -0.25) is 4.57 Å². The minimum absolute atomic E-state index is 0.0970. The Kier molecular flexibility index (Phi) is 5.54. The lowest BCUT2D eigenvalue weighted by molar-refractivity contribution is 0.151. The number of benzene rings is 2. The van der Waals surface area contributed by atoms with Gasteiger partial charge in [-0.05, 0) is 24.6 Å². The van der Waals surface area contributed by atoms with Crippen molar-refractivity contribution in [1.29, 1.82) is 0 Å². The van der Waals surface area contributed by atoms with E-state index >= 15 is 0 Å². The van der Waals surface area contributed by atoms with E-state index in [2.05, 4.69) is 0 Å². The summed E-state index contributed by atoms with van der Waals surface area (Å²) < 4.78 is 23.9. The minimum atomic E-state index is -2.93. The second kappa shape index (κ2) is 7.39. The lowest BCUT2D eigenvalue weighted by Gasteiger charge is -2.18. The molecule has 2 aromatic rings. The van der Waals surface area contributed by atoms with Crippen molar-refractivity contribution in [3.63, 3.8) is 0 Å². The van der Waals surface area contributed by atoms with E-state index in [0.717, 1.165) is 5.56 Å². The van der Waals surface area contributed by atoms with Gasteiger partial charge in [-0.1, -0.05) is 48.5 Å². The van der Waals surface area contributed by atoms with E-state index in [1.54, 1.807) is 0 Å². The van der Waals surface area contributed by atoms with Crippen molar-refractivity contribution in [1.82, 2.24) is 0 Å². The van der Waals surface area contributed by atoms with Crippen molar-refractivity contribution in [3.8, 4) is 0 Å². The third-order valence-corrected chi connectivity index (χ3v) is 5.14. The molecule has 0 spiro atoms. The second-order valence-electron chi connectivity index (χ2n) is 4.39. The van der Waals surface area contributed by atoms with Gasteiger partial charge in [0.05, 0.1) is 13.2 Å². The molecule has 0 heterocycles. The van der Waals surface area contributed by atoms with Crippen LogP contribution in [0.2, 0.25) is 0 Å². The third kappa shape index (κ3) is 4.04. The maximum Gasteiger partial charge on any atom is 0.257 e. The molecule has 0 aliphatic rings. The summed E-state index contributed by atoms with van der Waals surface area (Å²) >= 11 is 0. The average molecular weight is 290 g/mol. The maximum absolute atomic E-state index is 12.9. The van der Waals surface area contributed by atoms with Crippen LogP contribution in [0.15, 0.2) is 60.7 Å². The lowest BCUT2D eigenvalue weighted by atomic mass is 10.2. The fourth-order valence-electron chi connectivity index (χ4n) is 1.91. The van der Waals surface area contributed by atoms with Crippen LogP contribution in [0.25, 0.3) is 0 Å². The molecule has 2 aromatic carbocycles. The summed E-state index contributed by atoms with van der Waals surface area (Å²) in [7, 11) is -2.93. The molecule has 0 amide bonds. The molecule has 0 fully saturated rings. The van der Waals surface area contributed by atoms with E-state index in [1.807, 2.05) is 67.6 Å². The normalized spacial score (nSPS) is 13.8. The zero-order valence-corrected chi connectivity index (χ0v) is 12.5. The van der Waals surface area contributed by atoms with Gasteiger partial charge in [-0.2, -0.15) is 0 Å². The van der Waals surface area contributed by atoms with E-state index in [-0.39, 0.29) is 6.35 Å². The number of ether oxygens (including phenoxy) is 1. The number of rotatable bonds is 7. The van der Waals surface area contributed by atoms with Crippen LogP contribution in [0.4, 0.5) is 0 Å². The molecule has 2 rings (SSSR count). The molecule has 1 atom stereocenters. The molecule has 0 radical (unpaired) electrons. The van der Waals surface area contributed by atoms with Crippen molar-refractivity contribution in [2.24, 2.45) is 0 Å².